The second-order valence-corrected chi connectivity index (χ2v) is 5.53. The fourth-order valence-electron chi connectivity index (χ4n) is 2.89. The maximum Gasteiger partial charge on any atom is 0.165 e. The zero-order valence-electron chi connectivity index (χ0n) is 11.6. The van der Waals surface area contributed by atoms with Crippen molar-refractivity contribution in [1.29, 1.82) is 0 Å². The minimum Gasteiger partial charge on any atom is -0.310 e. The molecule has 1 saturated carbocycles. The van der Waals surface area contributed by atoms with Crippen LogP contribution in [0.1, 0.15) is 51.8 Å². The van der Waals surface area contributed by atoms with Crippen LogP contribution in [0.4, 0.5) is 0 Å². The lowest BCUT2D eigenvalue weighted by atomic mass is 9.81. The third-order valence-corrected chi connectivity index (χ3v) is 3.93. The van der Waals surface area contributed by atoms with Gasteiger partial charge in [-0.2, -0.15) is 0 Å². The Bertz CT molecular complexity index is 349. The molecule has 0 spiro atoms. The number of rotatable bonds is 6. The Kier molecular flexibility index (Phi) is 5.11. The molecule has 1 aliphatic carbocycles. The lowest BCUT2D eigenvalue weighted by Gasteiger charge is -2.26. The number of hydrogen-bond donors (Lipinski definition) is 1. The van der Waals surface area contributed by atoms with Gasteiger partial charge in [0.15, 0.2) is 5.82 Å². The van der Waals surface area contributed by atoms with Crippen LogP contribution < -0.4 is 5.32 Å². The van der Waals surface area contributed by atoms with Crippen LogP contribution in [0, 0.1) is 11.8 Å². The normalized spacial score (nSPS) is 24.3. The minimum atomic E-state index is 0.768. The first-order valence-corrected chi connectivity index (χ1v) is 7.25. The molecule has 0 aliphatic heterocycles. The molecule has 2 unspecified atom stereocenters. The highest BCUT2D eigenvalue weighted by Gasteiger charge is 2.19. The van der Waals surface area contributed by atoms with Crippen molar-refractivity contribution >= 4 is 0 Å². The number of nitrogens with one attached hydrogen (secondary N) is 1. The molecule has 2 atom stereocenters. The summed E-state index contributed by atoms with van der Waals surface area (Å²) in [6, 6.07) is 0. The summed E-state index contributed by atoms with van der Waals surface area (Å²) >= 11 is 0. The van der Waals surface area contributed by atoms with Gasteiger partial charge in [0.2, 0.25) is 0 Å². The molecule has 1 aromatic heterocycles. The number of hydrogen-bond acceptors (Lipinski definition) is 4. The van der Waals surface area contributed by atoms with Crippen molar-refractivity contribution < 1.29 is 0 Å². The minimum absolute atomic E-state index is 0.768. The van der Waals surface area contributed by atoms with Gasteiger partial charge < -0.3 is 5.32 Å². The quantitative estimate of drug-likeness (QED) is 0.840. The van der Waals surface area contributed by atoms with Crippen molar-refractivity contribution in [3.8, 4) is 0 Å². The van der Waals surface area contributed by atoms with E-state index in [9.17, 15) is 0 Å². The second-order valence-electron chi connectivity index (χ2n) is 5.53. The van der Waals surface area contributed by atoms with Crippen molar-refractivity contribution in [2.45, 2.75) is 59.0 Å². The molecule has 1 aromatic rings. The summed E-state index contributed by atoms with van der Waals surface area (Å²) in [7, 11) is 0. The van der Waals surface area contributed by atoms with E-state index in [0.717, 1.165) is 37.3 Å². The van der Waals surface area contributed by atoms with Crippen molar-refractivity contribution in [3.63, 3.8) is 0 Å². The molecule has 102 valence electrons. The van der Waals surface area contributed by atoms with Gasteiger partial charge in [0.1, 0.15) is 0 Å². The average molecular weight is 251 g/mol. The van der Waals surface area contributed by atoms with Crippen LogP contribution in [0.5, 0.6) is 0 Å². The van der Waals surface area contributed by atoms with Crippen LogP contribution >= 0.6 is 0 Å². The topological polar surface area (TPSA) is 55.6 Å². The Hall–Kier alpha value is -0.970. The van der Waals surface area contributed by atoms with Crippen molar-refractivity contribution in [2.24, 2.45) is 11.8 Å². The third kappa shape index (κ3) is 3.77. The third-order valence-electron chi connectivity index (χ3n) is 3.93. The van der Waals surface area contributed by atoms with Crippen LogP contribution in [0.2, 0.25) is 0 Å². The molecule has 0 aromatic carbocycles. The number of tetrazole rings is 1. The van der Waals surface area contributed by atoms with Gasteiger partial charge in [0.05, 0.1) is 6.54 Å². The monoisotopic (exact) mass is 251 g/mol. The summed E-state index contributed by atoms with van der Waals surface area (Å²) < 4.78 is 1.96. The van der Waals surface area contributed by atoms with E-state index in [1.807, 2.05) is 4.68 Å². The van der Waals surface area contributed by atoms with E-state index in [-0.39, 0.29) is 0 Å². The maximum atomic E-state index is 4.09. The van der Waals surface area contributed by atoms with E-state index in [4.69, 9.17) is 0 Å². The van der Waals surface area contributed by atoms with Crippen molar-refractivity contribution in [1.82, 2.24) is 25.5 Å². The van der Waals surface area contributed by atoms with Crippen molar-refractivity contribution in [2.75, 3.05) is 6.54 Å². The molecule has 0 radical (unpaired) electrons. The summed E-state index contributed by atoms with van der Waals surface area (Å²) in [6.45, 7) is 7.15. The van der Waals surface area contributed by atoms with E-state index in [0.29, 0.717) is 0 Å². The highest BCUT2D eigenvalue weighted by Crippen LogP contribution is 2.30. The molecule has 0 bridgehead atoms. The van der Waals surface area contributed by atoms with E-state index >= 15 is 0 Å². The van der Waals surface area contributed by atoms with Gasteiger partial charge in [0.25, 0.3) is 0 Å². The lowest BCUT2D eigenvalue weighted by Crippen LogP contribution is -2.19. The molecule has 0 amide bonds. The highest BCUT2D eigenvalue weighted by molar-refractivity contribution is 4.80. The molecular weight excluding hydrogens is 226 g/mol. The van der Waals surface area contributed by atoms with Crippen LogP contribution in [-0.2, 0) is 13.1 Å². The van der Waals surface area contributed by atoms with Crippen LogP contribution in [0.3, 0.4) is 0 Å². The molecule has 5 nitrogen and oxygen atoms in total. The van der Waals surface area contributed by atoms with Crippen LogP contribution in [-0.4, -0.2) is 26.8 Å². The van der Waals surface area contributed by atoms with E-state index in [1.165, 1.54) is 32.1 Å². The molecule has 1 heterocycles. The summed E-state index contributed by atoms with van der Waals surface area (Å²) in [4.78, 5) is 0. The molecule has 0 saturated heterocycles. The van der Waals surface area contributed by atoms with Gasteiger partial charge in [-0.25, -0.2) is 4.68 Å². The van der Waals surface area contributed by atoms with E-state index in [2.05, 4.69) is 34.7 Å². The summed E-state index contributed by atoms with van der Waals surface area (Å²) in [6.07, 6.45) is 6.78. The zero-order chi connectivity index (χ0) is 12.8. The maximum absolute atomic E-state index is 4.09. The average Bonchev–Trinajstić information content (AvgIpc) is 2.81. The highest BCUT2D eigenvalue weighted by atomic mass is 15.5. The zero-order valence-corrected chi connectivity index (χ0v) is 11.6. The first-order valence-electron chi connectivity index (χ1n) is 7.25. The Morgan fingerprint density at radius 1 is 1.39 bits per heavy atom. The van der Waals surface area contributed by atoms with Crippen LogP contribution in [0.15, 0.2) is 0 Å². The largest absolute Gasteiger partial charge is 0.310 e. The summed E-state index contributed by atoms with van der Waals surface area (Å²) in [5.74, 6) is 2.73. The van der Waals surface area contributed by atoms with Gasteiger partial charge in [-0.05, 0) is 41.6 Å². The van der Waals surface area contributed by atoms with Crippen molar-refractivity contribution in [3.05, 3.63) is 5.82 Å². The van der Waals surface area contributed by atoms with Gasteiger partial charge >= 0.3 is 0 Å². The molecule has 5 heteroatoms. The van der Waals surface area contributed by atoms with Gasteiger partial charge in [-0.3, -0.25) is 0 Å². The Morgan fingerprint density at radius 2 is 2.28 bits per heavy atom. The first kappa shape index (κ1) is 13.5. The smallest absolute Gasteiger partial charge is 0.165 e. The number of aryl methyl sites for hydroxylation is 1. The SMILES string of the molecule is CCNCc1nnnn1CCC1CCCC(C)C1. The van der Waals surface area contributed by atoms with Gasteiger partial charge in [0, 0.05) is 6.54 Å². The lowest BCUT2D eigenvalue weighted by molar-refractivity contribution is 0.256. The Balaban J connectivity index is 1.80. The second kappa shape index (κ2) is 6.83. The molecular formula is C13H25N5. The van der Waals surface area contributed by atoms with E-state index in [1.54, 1.807) is 0 Å². The summed E-state index contributed by atoms with van der Waals surface area (Å²) in [5, 5.41) is 15.2. The Labute approximate surface area is 109 Å². The molecule has 1 fully saturated rings. The molecule has 18 heavy (non-hydrogen) atoms. The standard InChI is InChI=1S/C13H25N5/c1-3-14-10-13-15-16-17-18(13)8-7-12-6-4-5-11(2)9-12/h11-12,14H,3-10H2,1-2H3. The summed E-state index contributed by atoms with van der Waals surface area (Å²) in [5.41, 5.74) is 0. The van der Waals surface area contributed by atoms with Gasteiger partial charge in [-0.15, -0.1) is 5.10 Å². The fourth-order valence-corrected chi connectivity index (χ4v) is 2.89. The number of nitrogens with zero attached hydrogens (tertiary/aromatic N) is 4. The predicted octanol–water partition coefficient (Wildman–Crippen LogP) is 2.00. The Morgan fingerprint density at radius 3 is 3.06 bits per heavy atom. The fraction of sp³-hybridized carbons (Fsp3) is 0.923. The number of aromatic nitrogens is 4. The van der Waals surface area contributed by atoms with Crippen LogP contribution in [0.25, 0.3) is 0 Å². The van der Waals surface area contributed by atoms with E-state index < -0.39 is 0 Å². The molecule has 1 N–H and O–H groups in total. The van der Waals surface area contributed by atoms with Gasteiger partial charge in [-0.1, -0.05) is 33.1 Å². The molecule has 1 aliphatic rings. The first-order chi connectivity index (χ1) is 8.79. The predicted molar refractivity (Wildman–Crippen MR) is 70.9 cm³/mol. The molecule has 2 rings (SSSR count).